The Morgan fingerprint density at radius 2 is 1.94 bits per heavy atom. The third-order valence-electron chi connectivity index (χ3n) is 2.74. The Hall–Kier alpha value is -2.33. The van der Waals surface area contributed by atoms with Gasteiger partial charge in [-0.2, -0.15) is 5.10 Å². The lowest BCUT2D eigenvalue weighted by molar-refractivity contribution is 0.577. The van der Waals surface area contributed by atoms with Crippen LogP contribution in [0.4, 0.5) is 0 Å². The molecule has 0 aliphatic rings. The average Bonchev–Trinajstić information content (AvgIpc) is 3.08. The number of benzene rings is 1. The monoisotopic (exact) mass is 239 g/mol. The zero-order chi connectivity index (χ0) is 12.4. The molecule has 2 heterocycles. The lowest BCUT2D eigenvalue weighted by Gasteiger charge is -2.04. The molecule has 4 heteroatoms. The predicted octanol–water partition coefficient (Wildman–Crippen LogP) is 2.59. The molecule has 0 amide bonds. The summed E-state index contributed by atoms with van der Waals surface area (Å²) in [5.74, 6) is 0.783. The van der Waals surface area contributed by atoms with Gasteiger partial charge in [-0.25, -0.2) is 4.68 Å². The third kappa shape index (κ3) is 1.83. The van der Waals surface area contributed by atoms with E-state index in [1.807, 2.05) is 53.2 Å². The molecule has 3 rings (SSSR count). The summed E-state index contributed by atoms with van der Waals surface area (Å²) in [6.45, 7) is 0.410. The van der Waals surface area contributed by atoms with Crippen LogP contribution >= 0.6 is 0 Å². The second-order valence-electron chi connectivity index (χ2n) is 3.95. The Morgan fingerprint density at radius 1 is 1.11 bits per heavy atom. The maximum absolute atomic E-state index is 5.66. The maximum Gasteiger partial charge on any atom is 0.152 e. The van der Waals surface area contributed by atoms with Gasteiger partial charge in [0.1, 0.15) is 5.69 Å². The van der Waals surface area contributed by atoms with Crippen molar-refractivity contribution in [1.29, 1.82) is 0 Å². The molecule has 2 aromatic heterocycles. The SMILES string of the molecule is NCc1cc(-c2ccco2)n(-c2ccccc2)n1. The molecule has 0 aliphatic carbocycles. The molecule has 0 atom stereocenters. The minimum Gasteiger partial charge on any atom is -0.463 e. The van der Waals surface area contributed by atoms with E-state index in [-0.39, 0.29) is 0 Å². The number of furan rings is 1. The first-order valence-corrected chi connectivity index (χ1v) is 5.77. The molecule has 18 heavy (non-hydrogen) atoms. The van der Waals surface area contributed by atoms with Crippen LogP contribution in [0.5, 0.6) is 0 Å². The predicted molar refractivity (Wildman–Crippen MR) is 69.2 cm³/mol. The largest absolute Gasteiger partial charge is 0.463 e. The van der Waals surface area contributed by atoms with Gasteiger partial charge in [0.25, 0.3) is 0 Å². The lowest BCUT2D eigenvalue weighted by atomic mass is 10.2. The van der Waals surface area contributed by atoms with Crippen molar-refractivity contribution >= 4 is 0 Å². The highest BCUT2D eigenvalue weighted by Crippen LogP contribution is 2.24. The van der Waals surface area contributed by atoms with Gasteiger partial charge in [-0.1, -0.05) is 18.2 Å². The van der Waals surface area contributed by atoms with Crippen LogP contribution in [-0.4, -0.2) is 9.78 Å². The molecule has 2 N–H and O–H groups in total. The zero-order valence-corrected chi connectivity index (χ0v) is 9.78. The first-order chi connectivity index (χ1) is 8.88. The van der Waals surface area contributed by atoms with Crippen molar-refractivity contribution < 1.29 is 4.42 Å². The van der Waals surface area contributed by atoms with E-state index in [4.69, 9.17) is 10.2 Å². The molecule has 0 radical (unpaired) electrons. The topological polar surface area (TPSA) is 57.0 Å². The van der Waals surface area contributed by atoms with Crippen LogP contribution in [0.25, 0.3) is 17.1 Å². The Morgan fingerprint density at radius 3 is 2.61 bits per heavy atom. The van der Waals surface area contributed by atoms with Crippen molar-refractivity contribution in [2.45, 2.75) is 6.54 Å². The summed E-state index contributed by atoms with van der Waals surface area (Å²) in [7, 11) is 0. The molecule has 1 aromatic carbocycles. The highest BCUT2D eigenvalue weighted by molar-refractivity contribution is 5.56. The molecule has 90 valence electrons. The highest BCUT2D eigenvalue weighted by atomic mass is 16.3. The summed E-state index contributed by atoms with van der Waals surface area (Å²) in [6.07, 6.45) is 1.65. The number of rotatable bonds is 3. The van der Waals surface area contributed by atoms with E-state index in [0.29, 0.717) is 6.54 Å². The van der Waals surface area contributed by atoms with Gasteiger partial charge >= 0.3 is 0 Å². The van der Waals surface area contributed by atoms with Crippen LogP contribution in [0, 0.1) is 0 Å². The summed E-state index contributed by atoms with van der Waals surface area (Å²) in [6, 6.07) is 15.7. The van der Waals surface area contributed by atoms with Crippen LogP contribution in [0.2, 0.25) is 0 Å². The van der Waals surface area contributed by atoms with Gasteiger partial charge in [0.05, 0.1) is 17.6 Å². The Kier molecular flexibility index (Phi) is 2.70. The summed E-state index contributed by atoms with van der Waals surface area (Å²) in [4.78, 5) is 0. The second-order valence-corrected chi connectivity index (χ2v) is 3.95. The van der Waals surface area contributed by atoms with E-state index >= 15 is 0 Å². The number of nitrogens with zero attached hydrogens (tertiary/aromatic N) is 2. The standard InChI is InChI=1S/C14H13N3O/c15-10-11-9-13(14-7-4-8-18-14)17(16-11)12-5-2-1-3-6-12/h1-9H,10,15H2. The number of aromatic nitrogens is 2. The molecule has 4 nitrogen and oxygen atoms in total. The minimum absolute atomic E-state index is 0.410. The van der Waals surface area contributed by atoms with Crippen molar-refractivity contribution in [3.63, 3.8) is 0 Å². The summed E-state index contributed by atoms with van der Waals surface area (Å²) < 4.78 is 7.29. The van der Waals surface area contributed by atoms with E-state index in [2.05, 4.69) is 5.10 Å². The van der Waals surface area contributed by atoms with Crippen LogP contribution in [0.15, 0.2) is 59.2 Å². The molecular formula is C14H13N3O. The fourth-order valence-electron chi connectivity index (χ4n) is 1.90. The number of nitrogens with two attached hydrogens (primary N) is 1. The fraction of sp³-hybridized carbons (Fsp3) is 0.0714. The van der Waals surface area contributed by atoms with E-state index in [1.165, 1.54) is 0 Å². The van der Waals surface area contributed by atoms with Gasteiger partial charge in [0.2, 0.25) is 0 Å². The Labute approximate surface area is 105 Å². The van der Waals surface area contributed by atoms with Gasteiger partial charge in [-0.15, -0.1) is 0 Å². The molecule has 0 saturated carbocycles. The minimum atomic E-state index is 0.410. The van der Waals surface area contributed by atoms with Crippen molar-refractivity contribution in [2.24, 2.45) is 5.73 Å². The number of para-hydroxylation sites is 1. The highest BCUT2D eigenvalue weighted by Gasteiger charge is 2.12. The van der Waals surface area contributed by atoms with Crippen LogP contribution < -0.4 is 5.73 Å². The molecule has 0 spiro atoms. The summed E-state index contributed by atoms with van der Waals surface area (Å²) >= 11 is 0. The molecule has 0 saturated heterocycles. The molecular weight excluding hydrogens is 226 g/mol. The first kappa shape index (κ1) is 10.8. The van der Waals surface area contributed by atoms with Crippen molar-refractivity contribution in [3.8, 4) is 17.1 Å². The van der Waals surface area contributed by atoms with E-state index in [1.54, 1.807) is 6.26 Å². The summed E-state index contributed by atoms with van der Waals surface area (Å²) in [5, 5.41) is 4.49. The molecule has 3 aromatic rings. The number of hydrogen-bond donors (Lipinski definition) is 1. The van der Waals surface area contributed by atoms with Crippen molar-refractivity contribution in [3.05, 3.63) is 60.5 Å². The van der Waals surface area contributed by atoms with E-state index in [9.17, 15) is 0 Å². The molecule has 0 fully saturated rings. The van der Waals surface area contributed by atoms with Crippen LogP contribution in [0.1, 0.15) is 5.69 Å². The maximum atomic E-state index is 5.66. The molecule has 0 aliphatic heterocycles. The van der Waals surface area contributed by atoms with Gasteiger partial charge < -0.3 is 10.2 Å². The van der Waals surface area contributed by atoms with Gasteiger partial charge in [-0.05, 0) is 30.3 Å². The van der Waals surface area contributed by atoms with Gasteiger partial charge in [-0.3, -0.25) is 0 Å². The molecule has 0 unspecified atom stereocenters. The van der Waals surface area contributed by atoms with Crippen LogP contribution in [-0.2, 0) is 6.54 Å². The zero-order valence-electron chi connectivity index (χ0n) is 9.78. The molecule has 0 bridgehead atoms. The van der Waals surface area contributed by atoms with Crippen molar-refractivity contribution in [2.75, 3.05) is 0 Å². The van der Waals surface area contributed by atoms with E-state index in [0.717, 1.165) is 22.8 Å². The Bertz CT molecular complexity index is 626. The normalized spacial score (nSPS) is 10.7. The van der Waals surface area contributed by atoms with Crippen molar-refractivity contribution in [1.82, 2.24) is 9.78 Å². The quantitative estimate of drug-likeness (QED) is 0.764. The number of hydrogen-bond acceptors (Lipinski definition) is 3. The average molecular weight is 239 g/mol. The first-order valence-electron chi connectivity index (χ1n) is 5.77. The van der Waals surface area contributed by atoms with Crippen LogP contribution in [0.3, 0.4) is 0 Å². The van der Waals surface area contributed by atoms with Gasteiger partial charge in [0.15, 0.2) is 5.76 Å². The lowest BCUT2D eigenvalue weighted by Crippen LogP contribution is -2.01. The smallest absolute Gasteiger partial charge is 0.152 e. The second kappa shape index (κ2) is 4.50. The third-order valence-corrected chi connectivity index (χ3v) is 2.74. The van der Waals surface area contributed by atoms with E-state index < -0.39 is 0 Å². The Balaban J connectivity index is 2.17. The summed E-state index contributed by atoms with van der Waals surface area (Å²) in [5.41, 5.74) is 8.39. The fourth-order valence-corrected chi connectivity index (χ4v) is 1.90. The van der Waals surface area contributed by atoms with Gasteiger partial charge in [0, 0.05) is 6.54 Å².